The van der Waals surface area contributed by atoms with E-state index in [1.165, 1.54) is 23.3 Å². The van der Waals surface area contributed by atoms with E-state index in [1.54, 1.807) is 6.08 Å². The van der Waals surface area contributed by atoms with Crippen LogP contribution in [0.1, 0.15) is 93.2 Å². The highest BCUT2D eigenvalue weighted by Crippen LogP contribution is 2.42. The van der Waals surface area contributed by atoms with E-state index < -0.39 is 16.7 Å². The van der Waals surface area contributed by atoms with Gasteiger partial charge in [-0.2, -0.15) is 10.2 Å². The molecule has 1 aromatic carbocycles. The Balaban J connectivity index is 2.59. The van der Waals surface area contributed by atoms with Gasteiger partial charge < -0.3 is 5.11 Å². The first kappa shape index (κ1) is 27.9. The molecule has 0 amide bonds. The van der Waals surface area contributed by atoms with Crippen LogP contribution in [0.3, 0.4) is 0 Å². The summed E-state index contributed by atoms with van der Waals surface area (Å²) in [7, 11) is 0. The zero-order valence-corrected chi connectivity index (χ0v) is 22.6. The quantitative estimate of drug-likeness (QED) is 0.192. The van der Waals surface area contributed by atoms with Crippen LogP contribution in [0.15, 0.2) is 52.7 Å². The lowest BCUT2D eigenvalue weighted by molar-refractivity contribution is -0.609. The lowest BCUT2D eigenvalue weighted by atomic mass is 9.69. The van der Waals surface area contributed by atoms with E-state index in [1.807, 2.05) is 12.1 Å². The standard InChI is InChI=1S/C28H43N3O3/c1-24(2,3)18-26(7,8)20-15-21(27(9,10)19-25(4,5)6)17-22(16-20)29-30-23-13-11-12-14-28(23,32)31(33)34/h11-17,23,32H,18-19H2,1-10H3. The van der Waals surface area contributed by atoms with Gasteiger partial charge in [-0.1, -0.05) is 87.5 Å². The molecule has 2 unspecified atom stereocenters. The zero-order chi connectivity index (χ0) is 26.2. The number of azo groups is 1. The van der Waals surface area contributed by atoms with Crippen molar-refractivity contribution in [3.63, 3.8) is 0 Å². The van der Waals surface area contributed by atoms with E-state index in [2.05, 4.69) is 85.5 Å². The molecule has 1 aliphatic rings. The second-order valence-electron chi connectivity index (χ2n) is 13.5. The number of nitro groups is 1. The van der Waals surface area contributed by atoms with Crippen LogP contribution in [0.5, 0.6) is 0 Å². The van der Waals surface area contributed by atoms with Crippen molar-refractivity contribution < 1.29 is 10.0 Å². The Morgan fingerprint density at radius 1 is 0.882 bits per heavy atom. The van der Waals surface area contributed by atoms with E-state index in [-0.39, 0.29) is 21.7 Å². The topological polar surface area (TPSA) is 88.1 Å². The molecule has 1 aromatic rings. The number of hydrogen-bond acceptors (Lipinski definition) is 5. The summed E-state index contributed by atoms with van der Waals surface area (Å²) in [4.78, 5) is 10.8. The molecule has 0 spiro atoms. The van der Waals surface area contributed by atoms with Crippen molar-refractivity contribution in [2.24, 2.45) is 21.1 Å². The summed E-state index contributed by atoms with van der Waals surface area (Å²) in [5, 5.41) is 30.7. The maximum absolute atomic E-state index is 11.5. The molecule has 0 fully saturated rings. The lowest BCUT2D eigenvalue weighted by Gasteiger charge is -2.36. The van der Waals surface area contributed by atoms with E-state index >= 15 is 0 Å². The van der Waals surface area contributed by atoms with Gasteiger partial charge in [-0.3, -0.25) is 10.1 Å². The Morgan fingerprint density at radius 2 is 1.35 bits per heavy atom. The molecule has 1 aliphatic carbocycles. The van der Waals surface area contributed by atoms with E-state index in [0.29, 0.717) is 5.69 Å². The Kier molecular flexibility index (Phi) is 7.69. The largest absolute Gasteiger partial charge is 0.370 e. The second kappa shape index (κ2) is 9.37. The van der Waals surface area contributed by atoms with Gasteiger partial charge in [0.15, 0.2) is 6.04 Å². The molecule has 1 N–H and O–H groups in total. The highest BCUT2D eigenvalue weighted by atomic mass is 16.7. The molecule has 6 heteroatoms. The molecule has 0 heterocycles. The third-order valence-electron chi connectivity index (χ3n) is 6.20. The SMILES string of the molecule is CC(C)(C)CC(C)(C)c1cc(N=NC2C=CC=CC2(O)[N+](=O)[O-])cc(C(C)(C)CC(C)(C)C)c1. The molecule has 6 nitrogen and oxygen atoms in total. The van der Waals surface area contributed by atoms with Gasteiger partial charge in [-0.25, -0.2) is 0 Å². The minimum Gasteiger partial charge on any atom is -0.325 e. The summed E-state index contributed by atoms with van der Waals surface area (Å²) in [6.07, 6.45) is 7.72. The zero-order valence-electron chi connectivity index (χ0n) is 22.6. The van der Waals surface area contributed by atoms with Crippen LogP contribution in [0.4, 0.5) is 5.69 Å². The minimum atomic E-state index is -2.30. The number of rotatable bonds is 7. The molecule has 0 bridgehead atoms. The smallest absolute Gasteiger partial charge is 0.325 e. The minimum absolute atomic E-state index is 0.106. The van der Waals surface area contributed by atoms with Gasteiger partial charge >= 0.3 is 5.72 Å². The van der Waals surface area contributed by atoms with Crippen molar-refractivity contribution >= 4 is 5.69 Å². The molecule has 0 aliphatic heterocycles. The van der Waals surface area contributed by atoms with Crippen molar-refractivity contribution in [2.45, 2.75) is 105 Å². The summed E-state index contributed by atoms with van der Waals surface area (Å²) < 4.78 is 0. The van der Waals surface area contributed by atoms with Gasteiger partial charge in [0.1, 0.15) is 0 Å². The van der Waals surface area contributed by atoms with Crippen molar-refractivity contribution in [3.8, 4) is 0 Å². The Morgan fingerprint density at radius 3 is 1.76 bits per heavy atom. The predicted octanol–water partition coefficient (Wildman–Crippen LogP) is 7.66. The molecule has 2 rings (SSSR count). The van der Waals surface area contributed by atoms with Crippen LogP contribution in [0.2, 0.25) is 0 Å². The normalized spacial score (nSPS) is 21.9. The van der Waals surface area contributed by atoms with Gasteiger partial charge in [-0.15, -0.1) is 0 Å². The van der Waals surface area contributed by atoms with Crippen LogP contribution in [0, 0.1) is 20.9 Å². The number of hydrogen-bond donors (Lipinski definition) is 1. The summed E-state index contributed by atoms with van der Waals surface area (Å²) in [6.45, 7) is 22.4. The summed E-state index contributed by atoms with van der Waals surface area (Å²) >= 11 is 0. The van der Waals surface area contributed by atoms with Crippen molar-refractivity contribution in [2.75, 3.05) is 0 Å². The second-order valence-corrected chi connectivity index (χ2v) is 13.5. The first-order valence-electron chi connectivity index (χ1n) is 12.1. The maximum atomic E-state index is 11.5. The fraction of sp³-hybridized carbons (Fsp3) is 0.643. The number of aliphatic hydroxyl groups is 1. The van der Waals surface area contributed by atoms with Crippen LogP contribution in [0.25, 0.3) is 0 Å². The van der Waals surface area contributed by atoms with Gasteiger partial charge in [0.25, 0.3) is 0 Å². The van der Waals surface area contributed by atoms with E-state index in [9.17, 15) is 15.2 Å². The lowest BCUT2D eigenvalue weighted by Crippen LogP contribution is -2.46. The molecule has 0 aromatic heterocycles. The van der Waals surface area contributed by atoms with Crippen molar-refractivity contribution in [1.29, 1.82) is 0 Å². The molecule has 0 radical (unpaired) electrons. The molecule has 0 saturated heterocycles. The maximum Gasteiger partial charge on any atom is 0.370 e. The third-order valence-corrected chi connectivity index (χ3v) is 6.20. The highest BCUT2D eigenvalue weighted by Gasteiger charge is 2.47. The Hall–Kier alpha value is -2.34. The predicted molar refractivity (Wildman–Crippen MR) is 139 cm³/mol. The van der Waals surface area contributed by atoms with Crippen molar-refractivity contribution in [1.82, 2.24) is 0 Å². The van der Waals surface area contributed by atoms with Crippen LogP contribution >= 0.6 is 0 Å². The third kappa shape index (κ3) is 7.08. The van der Waals surface area contributed by atoms with Gasteiger partial charge in [0.05, 0.1) is 10.6 Å². The first-order chi connectivity index (χ1) is 15.3. The van der Waals surface area contributed by atoms with Gasteiger partial charge in [0, 0.05) is 6.08 Å². The average molecular weight is 470 g/mol. The first-order valence-corrected chi connectivity index (χ1v) is 12.1. The fourth-order valence-electron chi connectivity index (χ4n) is 5.33. The fourth-order valence-corrected chi connectivity index (χ4v) is 5.33. The summed E-state index contributed by atoms with van der Waals surface area (Å²) in [5.41, 5.74) is 0.753. The van der Waals surface area contributed by atoms with Gasteiger partial charge in [0.2, 0.25) is 0 Å². The average Bonchev–Trinajstić information content (AvgIpc) is 2.63. The molecule has 2 atom stereocenters. The van der Waals surface area contributed by atoms with Gasteiger partial charge in [-0.05, 0) is 63.8 Å². The van der Waals surface area contributed by atoms with Crippen LogP contribution in [-0.4, -0.2) is 21.8 Å². The summed E-state index contributed by atoms with van der Waals surface area (Å²) in [5.74, 6) is 0. The van der Waals surface area contributed by atoms with Crippen LogP contribution < -0.4 is 0 Å². The Labute approximate surface area is 205 Å². The van der Waals surface area contributed by atoms with E-state index in [4.69, 9.17) is 0 Å². The number of nitrogens with zero attached hydrogens (tertiary/aromatic N) is 3. The number of benzene rings is 1. The summed E-state index contributed by atoms with van der Waals surface area (Å²) in [6, 6.07) is 5.25. The highest BCUT2D eigenvalue weighted by molar-refractivity contribution is 5.48. The van der Waals surface area contributed by atoms with Crippen molar-refractivity contribution in [3.05, 3.63) is 63.7 Å². The number of allylic oxidation sites excluding steroid dienone is 2. The molecular weight excluding hydrogens is 426 g/mol. The van der Waals surface area contributed by atoms with Crippen LogP contribution in [-0.2, 0) is 10.8 Å². The van der Waals surface area contributed by atoms with E-state index in [0.717, 1.165) is 18.9 Å². The molecule has 0 saturated carbocycles. The Bertz CT molecular complexity index is 945. The molecular formula is C28H43N3O3. The molecule has 188 valence electrons. The molecule has 34 heavy (non-hydrogen) atoms. The monoisotopic (exact) mass is 469 g/mol.